The Hall–Kier alpha value is -5.83. The Kier molecular flexibility index (Phi) is 12.8. The molecule has 0 amide bonds. The van der Waals surface area contributed by atoms with Gasteiger partial charge in [0.05, 0.1) is 44.1 Å². The summed E-state index contributed by atoms with van der Waals surface area (Å²) in [6, 6.07) is 47.4. The summed E-state index contributed by atoms with van der Waals surface area (Å²) in [7, 11) is -3.20. The van der Waals surface area contributed by atoms with Crippen molar-refractivity contribution in [3.05, 3.63) is 156 Å². The van der Waals surface area contributed by atoms with Gasteiger partial charge in [-0.15, -0.1) is 0 Å². The molecule has 2 heterocycles. The highest BCUT2D eigenvalue weighted by Crippen LogP contribution is 2.46. The van der Waals surface area contributed by atoms with E-state index in [1.807, 2.05) is 6.20 Å². The van der Waals surface area contributed by atoms with Gasteiger partial charge < -0.3 is 5.11 Å². The third-order valence-corrected chi connectivity index (χ3v) is 18.1. The van der Waals surface area contributed by atoms with Gasteiger partial charge in [0, 0.05) is 28.5 Å². The quantitative estimate of drug-likeness (QED) is 0.154. The summed E-state index contributed by atoms with van der Waals surface area (Å²) in [5.41, 5.74) is 16.2. The van der Waals surface area contributed by atoms with Crippen molar-refractivity contribution in [2.24, 2.45) is 0 Å². The van der Waals surface area contributed by atoms with Crippen LogP contribution in [0.4, 0.5) is 0 Å². The van der Waals surface area contributed by atoms with Gasteiger partial charge in [0.1, 0.15) is 11.6 Å². The van der Waals surface area contributed by atoms with Crippen LogP contribution in [0, 0.1) is 0 Å². The predicted octanol–water partition coefficient (Wildman–Crippen LogP) is 16.7. The molecule has 6 aromatic carbocycles. The van der Waals surface area contributed by atoms with Crippen molar-refractivity contribution in [2.75, 3.05) is 0 Å². The maximum Gasteiger partial charge on any atom is 0.149 e. The predicted molar refractivity (Wildman–Crippen MR) is 308 cm³/mol. The molecule has 2 aromatic heterocycles. The van der Waals surface area contributed by atoms with Crippen molar-refractivity contribution in [3.63, 3.8) is 0 Å². The van der Waals surface area contributed by atoms with Crippen LogP contribution in [-0.4, -0.2) is 35.8 Å². The molecule has 8 rings (SSSR count). The summed E-state index contributed by atoms with van der Waals surface area (Å²) < 4.78 is 2.31. The minimum absolute atomic E-state index is 0.0743. The maximum absolute atomic E-state index is 12.6. The maximum atomic E-state index is 12.6. The fourth-order valence-electron chi connectivity index (χ4n) is 9.41. The van der Waals surface area contributed by atoms with Crippen molar-refractivity contribution in [3.8, 4) is 67.5 Å². The minimum Gasteiger partial charge on any atom is -0.507 e. The molecular formula is C64H77N3OSi2. The van der Waals surface area contributed by atoms with Gasteiger partial charge in [0.15, 0.2) is 0 Å². The first-order valence-electron chi connectivity index (χ1n) is 25.3. The highest BCUT2D eigenvalue weighted by atomic mass is 28.3. The largest absolute Gasteiger partial charge is 0.507 e. The van der Waals surface area contributed by atoms with Gasteiger partial charge in [-0.3, -0.25) is 9.55 Å². The van der Waals surface area contributed by atoms with Crippen LogP contribution < -0.4 is 10.4 Å². The van der Waals surface area contributed by atoms with Gasteiger partial charge in [-0.25, -0.2) is 4.98 Å². The third kappa shape index (κ3) is 10.2. The van der Waals surface area contributed by atoms with E-state index in [9.17, 15) is 5.11 Å². The summed E-state index contributed by atoms with van der Waals surface area (Å²) in [5, 5.41) is 15.6. The molecule has 4 nitrogen and oxygen atoms in total. The first kappa shape index (κ1) is 50.6. The molecule has 8 aromatic rings. The first-order chi connectivity index (χ1) is 32.4. The zero-order valence-electron chi connectivity index (χ0n) is 45.5. The van der Waals surface area contributed by atoms with Gasteiger partial charge in [-0.1, -0.05) is 212 Å². The second-order valence-electron chi connectivity index (χ2n) is 26.0. The van der Waals surface area contributed by atoms with Crippen molar-refractivity contribution >= 4 is 37.6 Å². The summed E-state index contributed by atoms with van der Waals surface area (Å²) >= 11 is 0. The fourth-order valence-corrected chi connectivity index (χ4v) is 11.9. The lowest BCUT2D eigenvalue weighted by Gasteiger charge is -2.28. The van der Waals surface area contributed by atoms with Gasteiger partial charge in [-0.2, -0.15) is 0 Å². The molecule has 0 unspecified atom stereocenters. The van der Waals surface area contributed by atoms with E-state index in [4.69, 9.17) is 9.97 Å². The van der Waals surface area contributed by atoms with Crippen molar-refractivity contribution < 1.29 is 5.11 Å². The molecule has 0 saturated carbocycles. The lowest BCUT2D eigenvalue weighted by molar-refractivity contribution is 0.446. The molecule has 0 atom stereocenters. The molecule has 0 fully saturated rings. The Balaban J connectivity index is 1.43. The van der Waals surface area contributed by atoms with Crippen LogP contribution in [0.15, 0.2) is 134 Å². The number of phenolic OH excluding ortho intramolecular Hbond substituents is 1. The highest BCUT2D eigenvalue weighted by Gasteiger charge is 2.31. The summed E-state index contributed by atoms with van der Waals surface area (Å²) in [4.78, 5) is 10.8. The molecule has 0 bridgehead atoms. The highest BCUT2D eigenvalue weighted by molar-refractivity contribution is 6.91. The molecule has 0 aliphatic rings. The number of phenols is 1. The third-order valence-electron chi connectivity index (χ3n) is 14.1. The number of fused-ring (bicyclic) bond motifs is 1. The van der Waals surface area contributed by atoms with Crippen molar-refractivity contribution in [1.82, 2.24) is 14.5 Å². The van der Waals surface area contributed by atoms with E-state index in [0.717, 1.165) is 66.9 Å². The zero-order valence-corrected chi connectivity index (χ0v) is 47.5. The Morgan fingerprint density at radius 1 is 0.443 bits per heavy atom. The van der Waals surface area contributed by atoms with Crippen LogP contribution >= 0.6 is 0 Å². The number of benzene rings is 6. The molecule has 6 heteroatoms. The van der Waals surface area contributed by atoms with Crippen LogP contribution in [-0.2, 0) is 21.7 Å². The fraction of sp³-hybridized carbons (Fsp3) is 0.344. The van der Waals surface area contributed by atoms with Crippen LogP contribution in [0.25, 0.3) is 72.7 Å². The van der Waals surface area contributed by atoms with Gasteiger partial charge in [0.2, 0.25) is 0 Å². The van der Waals surface area contributed by atoms with Crippen LogP contribution in [0.1, 0.15) is 105 Å². The molecule has 0 aliphatic heterocycles. The normalized spacial score (nSPS) is 13.1. The smallest absolute Gasteiger partial charge is 0.149 e. The average molecular weight is 961 g/mol. The standard InChI is InChI=1S/C64H77N3OSi2/c1-61(2,3)46-27-28-56(52(37-46)41-23-20-19-21-24-41)67-57-26-22-25-51(58(57)66-60(67)53-38-48(63(7,8)9)39-54(59(53)68)64(10,11)12)44-31-45(33-47(32-44)62(4,5)6)55-36-42(29-30-65-55)43-34-49(69(13,14)15)40-50(35-43)70(16,17)18/h19-40,68H,1-18H3. The van der Waals surface area contributed by atoms with Crippen LogP contribution in [0.3, 0.4) is 0 Å². The van der Waals surface area contributed by atoms with E-state index in [1.54, 1.807) is 0 Å². The number of imidazole rings is 1. The molecule has 70 heavy (non-hydrogen) atoms. The number of aromatic hydroxyl groups is 1. The van der Waals surface area contributed by atoms with Crippen molar-refractivity contribution in [2.45, 2.75) is 144 Å². The average Bonchev–Trinajstić information content (AvgIpc) is 3.66. The summed E-state index contributed by atoms with van der Waals surface area (Å²) in [5.74, 6) is 0.971. The monoisotopic (exact) mass is 960 g/mol. The van der Waals surface area contributed by atoms with Crippen LogP contribution in [0.2, 0.25) is 39.3 Å². The molecule has 1 N–H and O–H groups in total. The second kappa shape index (κ2) is 17.8. The van der Waals surface area contributed by atoms with E-state index in [0.29, 0.717) is 5.82 Å². The molecule has 362 valence electrons. The number of pyridine rings is 1. The van der Waals surface area contributed by atoms with E-state index in [-0.39, 0.29) is 27.4 Å². The van der Waals surface area contributed by atoms with Gasteiger partial charge in [-0.05, 0) is 109 Å². The zero-order chi connectivity index (χ0) is 51.1. The number of para-hydroxylation sites is 1. The molecule has 0 radical (unpaired) electrons. The SMILES string of the molecule is CC(C)(C)c1cc(-c2cc(-c3cc([Si](C)(C)C)cc([Si](C)(C)C)c3)ccn2)cc(-c2cccc3c2nc(-c2cc(C(C)(C)C)cc(C(C)(C)C)c2O)n3-c2ccc(C(C)(C)C)cc2-c2ccccc2)c1. The summed E-state index contributed by atoms with van der Waals surface area (Å²) in [6.07, 6.45) is 1.98. The number of rotatable bonds is 8. The molecule has 0 aliphatic carbocycles. The topological polar surface area (TPSA) is 50.9 Å². The Morgan fingerprint density at radius 2 is 1.03 bits per heavy atom. The van der Waals surface area contributed by atoms with E-state index >= 15 is 0 Å². The van der Waals surface area contributed by atoms with Crippen molar-refractivity contribution in [1.29, 1.82) is 0 Å². The van der Waals surface area contributed by atoms with Gasteiger partial charge >= 0.3 is 0 Å². The summed E-state index contributed by atoms with van der Waals surface area (Å²) in [6.45, 7) is 41.6. The van der Waals surface area contributed by atoms with E-state index < -0.39 is 16.1 Å². The minimum atomic E-state index is -1.60. The Labute approximate surface area is 422 Å². The van der Waals surface area contributed by atoms with E-state index in [1.165, 1.54) is 32.6 Å². The van der Waals surface area contributed by atoms with Crippen LogP contribution in [0.5, 0.6) is 5.75 Å². The lowest BCUT2D eigenvalue weighted by atomic mass is 9.79. The second-order valence-corrected chi connectivity index (χ2v) is 36.1. The Bertz CT molecular complexity index is 3230. The number of hydrogen-bond acceptors (Lipinski definition) is 3. The first-order valence-corrected chi connectivity index (χ1v) is 32.3. The molecule has 0 spiro atoms. The number of hydrogen-bond donors (Lipinski definition) is 1. The van der Waals surface area contributed by atoms with Gasteiger partial charge in [0.25, 0.3) is 0 Å². The van der Waals surface area contributed by atoms with E-state index in [2.05, 4.69) is 254 Å². The lowest BCUT2D eigenvalue weighted by Crippen LogP contribution is -2.45. The number of aromatic nitrogens is 3. The number of nitrogens with zero attached hydrogens (tertiary/aromatic N) is 3. The Morgan fingerprint density at radius 3 is 1.61 bits per heavy atom. The molecular weight excluding hydrogens is 883 g/mol. The molecule has 0 saturated heterocycles.